The van der Waals surface area contributed by atoms with Crippen LogP contribution in [0.25, 0.3) is 0 Å². The number of thiol groups is 1. The van der Waals surface area contributed by atoms with Gasteiger partial charge in [-0.05, 0) is 43.4 Å². The van der Waals surface area contributed by atoms with Gasteiger partial charge >= 0.3 is 5.97 Å². The first-order valence-corrected chi connectivity index (χ1v) is 7.10. The van der Waals surface area contributed by atoms with E-state index in [-0.39, 0.29) is 12.1 Å². The van der Waals surface area contributed by atoms with E-state index in [9.17, 15) is 4.79 Å². The predicted molar refractivity (Wildman–Crippen MR) is 75.5 cm³/mol. The highest BCUT2D eigenvalue weighted by atomic mass is 35.5. The number of rotatable bonds is 2. The summed E-state index contributed by atoms with van der Waals surface area (Å²) in [4.78, 5) is 12.8. The minimum absolute atomic E-state index is 0.0193. The Balaban J connectivity index is 2.09. The van der Waals surface area contributed by atoms with Crippen molar-refractivity contribution in [3.05, 3.63) is 28.8 Å². The minimum Gasteiger partial charge on any atom is -0.458 e. The highest BCUT2D eigenvalue weighted by Crippen LogP contribution is 2.28. The van der Waals surface area contributed by atoms with Crippen molar-refractivity contribution >= 4 is 30.2 Å². The molecule has 1 saturated carbocycles. The molecule has 1 aliphatic rings. The Morgan fingerprint density at radius 1 is 1.39 bits per heavy atom. The second kappa shape index (κ2) is 5.98. The summed E-state index contributed by atoms with van der Waals surface area (Å²) in [6, 6.07) is 5.08. The zero-order valence-electron chi connectivity index (χ0n) is 10.4. The van der Waals surface area contributed by atoms with Gasteiger partial charge in [0.25, 0.3) is 0 Å². The van der Waals surface area contributed by atoms with Gasteiger partial charge in [0.15, 0.2) is 0 Å². The maximum absolute atomic E-state index is 12.1. The highest BCUT2D eigenvalue weighted by molar-refractivity contribution is 7.80. The first-order chi connectivity index (χ1) is 8.58. The second-order valence-electron chi connectivity index (χ2n) is 4.87. The van der Waals surface area contributed by atoms with Crippen LogP contribution in [-0.2, 0) is 4.74 Å². The lowest BCUT2D eigenvalue weighted by Crippen LogP contribution is -2.28. The molecular weight excluding hydrogens is 268 g/mol. The summed E-state index contributed by atoms with van der Waals surface area (Å²) in [6.07, 6.45) is 4.44. The van der Waals surface area contributed by atoms with Gasteiger partial charge in [0, 0.05) is 4.90 Å². The SMILES string of the molecule is CC1CCCCC1OC(=O)c1cc(S)ccc1Cl. The van der Waals surface area contributed by atoms with Gasteiger partial charge in [-0.25, -0.2) is 4.79 Å². The van der Waals surface area contributed by atoms with Crippen molar-refractivity contribution in [3.63, 3.8) is 0 Å². The van der Waals surface area contributed by atoms with Crippen molar-refractivity contribution in [2.75, 3.05) is 0 Å². The Bertz CT molecular complexity index is 447. The van der Waals surface area contributed by atoms with Crippen molar-refractivity contribution in [2.24, 2.45) is 5.92 Å². The minimum atomic E-state index is -0.338. The summed E-state index contributed by atoms with van der Waals surface area (Å²) in [5.41, 5.74) is 0.405. The molecular formula is C14H17ClO2S. The van der Waals surface area contributed by atoms with Crippen LogP contribution < -0.4 is 0 Å². The van der Waals surface area contributed by atoms with Crippen LogP contribution >= 0.6 is 24.2 Å². The fraction of sp³-hybridized carbons (Fsp3) is 0.500. The van der Waals surface area contributed by atoms with E-state index in [1.807, 2.05) is 0 Å². The molecule has 18 heavy (non-hydrogen) atoms. The molecule has 1 aliphatic carbocycles. The maximum Gasteiger partial charge on any atom is 0.339 e. The van der Waals surface area contributed by atoms with E-state index in [1.54, 1.807) is 18.2 Å². The monoisotopic (exact) mass is 284 g/mol. The number of hydrogen-bond acceptors (Lipinski definition) is 3. The van der Waals surface area contributed by atoms with E-state index in [0.29, 0.717) is 21.4 Å². The van der Waals surface area contributed by atoms with Gasteiger partial charge < -0.3 is 4.74 Å². The van der Waals surface area contributed by atoms with Gasteiger partial charge in [-0.3, -0.25) is 0 Å². The lowest BCUT2D eigenvalue weighted by molar-refractivity contribution is 0.00481. The zero-order valence-corrected chi connectivity index (χ0v) is 12.0. The number of hydrogen-bond donors (Lipinski definition) is 1. The Morgan fingerprint density at radius 3 is 2.83 bits per heavy atom. The molecule has 1 fully saturated rings. The van der Waals surface area contributed by atoms with Crippen LogP contribution in [0.15, 0.2) is 23.1 Å². The van der Waals surface area contributed by atoms with E-state index in [0.717, 1.165) is 19.3 Å². The van der Waals surface area contributed by atoms with Gasteiger partial charge in [-0.1, -0.05) is 24.9 Å². The summed E-state index contributed by atoms with van der Waals surface area (Å²) in [6.45, 7) is 2.13. The quantitative estimate of drug-likeness (QED) is 0.645. The van der Waals surface area contributed by atoms with Crippen LogP contribution in [0.2, 0.25) is 5.02 Å². The summed E-state index contributed by atoms with van der Waals surface area (Å²) >= 11 is 10.2. The molecule has 0 bridgehead atoms. The predicted octanol–water partition coefficient (Wildman–Crippen LogP) is 4.36. The number of benzene rings is 1. The lowest BCUT2D eigenvalue weighted by Gasteiger charge is -2.28. The Kier molecular flexibility index (Phi) is 4.57. The second-order valence-corrected chi connectivity index (χ2v) is 5.79. The molecule has 2 unspecified atom stereocenters. The van der Waals surface area contributed by atoms with Crippen molar-refractivity contribution < 1.29 is 9.53 Å². The van der Waals surface area contributed by atoms with Gasteiger partial charge in [-0.2, -0.15) is 0 Å². The van der Waals surface area contributed by atoms with Gasteiger partial charge in [0.05, 0.1) is 10.6 Å². The summed E-state index contributed by atoms with van der Waals surface area (Å²) in [5, 5.41) is 0.418. The Morgan fingerprint density at radius 2 is 2.11 bits per heavy atom. The fourth-order valence-corrected chi connectivity index (χ4v) is 2.73. The zero-order chi connectivity index (χ0) is 13.1. The smallest absolute Gasteiger partial charge is 0.339 e. The third kappa shape index (κ3) is 3.21. The van der Waals surface area contributed by atoms with Crippen LogP contribution in [-0.4, -0.2) is 12.1 Å². The molecule has 2 atom stereocenters. The summed E-state index contributed by atoms with van der Waals surface area (Å²) in [7, 11) is 0. The van der Waals surface area contributed by atoms with E-state index < -0.39 is 0 Å². The molecule has 0 amide bonds. The largest absolute Gasteiger partial charge is 0.458 e. The van der Waals surface area contributed by atoms with Crippen LogP contribution in [0.3, 0.4) is 0 Å². The standard InChI is InChI=1S/C14H17ClO2S/c1-9-4-2-3-5-13(9)17-14(16)11-8-10(18)6-7-12(11)15/h6-9,13,18H,2-5H2,1H3. The Hall–Kier alpha value is -0.670. The normalized spacial score (nSPS) is 23.7. The third-order valence-electron chi connectivity index (χ3n) is 3.46. The first-order valence-electron chi connectivity index (χ1n) is 6.27. The fourth-order valence-electron chi connectivity index (χ4n) is 2.33. The van der Waals surface area contributed by atoms with Crippen LogP contribution in [0.5, 0.6) is 0 Å². The van der Waals surface area contributed by atoms with Crippen molar-refractivity contribution in [2.45, 2.75) is 43.6 Å². The van der Waals surface area contributed by atoms with E-state index >= 15 is 0 Å². The van der Waals surface area contributed by atoms with Crippen LogP contribution in [0.1, 0.15) is 43.0 Å². The topological polar surface area (TPSA) is 26.3 Å². The average Bonchev–Trinajstić information content (AvgIpc) is 2.35. The first kappa shape index (κ1) is 13.8. The summed E-state index contributed by atoms with van der Waals surface area (Å²) < 4.78 is 5.57. The molecule has 0 radical (unpaired) electrons. The Labute approximate surface area is 118 Å². The molecule has 4 heteroatoms. The van der Waals surface area contributed by atoms with Crippen molar-refractivity contribution in [1.82, 2.24) is 0 Å². The molecule has 0 heterocycles. The molecule has 1 aromatic rings. The van der Waals surface area contributed by atoms with Gasteiger partial charge in [0.2, 0.25) is 0 Å². The molecule has 98 valence electrons. The number of halogens is 1. The third-order valence-corrected chi connectivity index (χ3v) is 4.07. The molecule has 0 saturated heterocycles. The van der Waals surface area contributed by atoms with Gasteiger partial charge in [-0.15, -0.1) is 12.6 Å². The molecule has 0 N–H and O–H groups in total. The number of ether oxygens (including phenoxy) is 1. The lowest BCUT2D eigenvalue weighted by atomic mass is 9.88. The van der Waals surface area contributed by atoms with Crippen LogP contribution in [0, 0.1) is 5.92 Å². The van der Waals surface area contributed by atoms with Gasteiger partial charge in [0.1, 0.15) is 6.10 Å². The molecule has 0 aliphatic heterocycles. The number of carbonyl (C=O) groups is 1. The van der Waals surface area contributed by atoms with Crippen molar-refractivity contribution in [1.29, 1.82) is 0 Å². The van der Waals surface area contributed by atoms with E-state index in [1.165, 1.54) is 6.42 Å². The van der Waals surface area contributed by atoms with E-state index in [2.05, 4.69) is 19.6 Å². The molecule has 2 rings (SSSR count). The molecule has 0 aromatic heterocycles. The molecule has 0 spiro atoms. The maximum atomic E-state index is 12.1. The number of esters is 1. The average molecular weight is 285 g/mol. The number of carbonyl (C=O) groups excluding carboxylic acids is 1. The highest BCUT2D eigenvalue weighted by Gasteiger charge is 2.26. The van der Waals surface area contributed by atoms with Crippen LogP contribution in [0.4, 0.5) is 0 Å². The van der Waals surface area contributed by atoms with Crippen molar-refractivity contribution in [3.8, 4) is 0 Å². The summed E-state index contributed by atoms with van der Waals surface area (Å²) in [5.74, 6) is 0.0929. The van der Waals surface area contributed by atoms with E-state index in [4.69, 9.17) is 16.3 Å². The molecule has 2 nitrogen and oxygen atoms in total. The molecule has 1 aromatic carbocycles.